The van der Waals surface area contributed by atoms with Gasteiger partial charge in [0.05, 0.1) is 25.8 Å². The second kappa shape index (κ2) is 8.96. The highest BCUT2D eigenvalue weighted by molar-refractivity contribution is 5.82. The molecule has 0 atom stereocenters. The number of carbonyl (C=O) groups is 2. The molecule has 1 aromatic carbocycles. The summed E-state index contributed by atoms with van der Waals surface area (Å²) in [6, 6.07) is 6.92. The molecule has 1 N–H and O–H groups in total. The summed E-state index contributed by atoms with van der Waals surface area (Å²) < 4.78 is 21.3. The van der Waals surface area contributed by atoms with Gasteiger partial charge >= 0.3 is 5.97 Å². The fraction of sp³-hybridized carbons (Fsp3) is 0.526. The van der Waals surface area contributed by atoms with E-state index in [0.29, 0.717) is 19.0 Å². The Morgan fingerprint density at radius 1 is 1.22 bits per heavy atom. The van der Waals surface area contributed by atoms with Gasteiger partial charge in [-0.05, 0) is 57.5 Å². The number of nitrogens with one attached hydrogen (secondary N) is 1. The number of carbonyl (C=O) groups excluding carboxylic acids is 2. The molecule has 1 heterocycles. The first-order valence-electron chi connectivity index (χ1n) is 8.70. The maximum Gasteiger partial charge on any atom is 0.344 e. The molecule has 0 aromatic heterocycles. The number of nitrogens with zero attached hydrogens (tertiary/aromatic N) is 1. The molecule has 8 nitrogen and oxygen atoms in total. The fourth-order valence-corrected chi connectivity index (χ4v) is 2.33. The van der Waals surface area contributed by atoms with Gasteiger partial charge in [0, 0.05) is 0 Å². The molecule has 2 rings (SSSR count). The van der Waals surface area contributed by atoms with E-state index in [1.54, 1.807) is 52.0 Å². The fourth-order valence-electron chi connectivity index (χ4n) is 2.33. The number of rotatable bonds is 7. The molecule has 1 fully saturated rings. The van der Waals surface area contributed by atoms with E-state index < -0.39 is 17.4 Å². The molecule has 0 radical (unpaired) electrons. The maximum atomic E-state index is 11.8. The quantitative estimate of drug-likeness (QED) is 0.443. The van der Waals surface area contributed by atoms with Gasteiger partial charge < -0.3 is 18.9 Å². The Hall–Kier alpha value is -2.45. The van der Waals surface area contributed by atoms with Crippen LogP contribution in [-0.2, 0) is 23.8 Å². The van der Waals surface area contributed by atoms with Crippen LogP contribution in [-0.4, -0.2) is 49.3 Å². The SMILES string of the molecule is CC(C)(C)OC(=O)COc1ccc(/C=N/NC(=O)CC2(C)OCCO2)cc1. The highest BCUT2D eigenvalue weighted by Gasteiger charge is 2.33. The Morgan fingerprint density at radius 3 is 2.44 bits per heavy atom. The summed E-state index contributed by atoms with van der Waals surface area (Å²) in [5.74, 6) is -1.08. The highest BCUT2D eigenvalue weighted by atomic mass is 16.7. The summed E-state index contributed by atoms with van der Waals surface area (Å²) in [6.45, 7) is 7.91. The Kier molecular flexibility index (Phi) is 6.92. The van der Waals surface area contributed by atoms with Crippen molar-refractivity contribution < 1.29 is 28.5 Å². The summed E-state index contributed by atoms with van der Waals surface area (Å²) >= 11 is 0. The van der Waals surface area contributed by atoms with E-state index in [0.717, 1.165) is 5.56 Å². The molecule has 27 heavy (non-hydrogen) atoms. The van der Waals surface area contributed by atoms with E-state index in [1.807, 2.05) is 0 Å². The van der Waals surface area contributed by atoms with Gasteiger partial charge in [0.1, 0.15) is 11.4 Å². The molecule has 1 amide bonds. The van der Waals surface area contributed by atoms with Gasteiger partial charge in [-0.15, -0.1) is 0 Å². The first-order valence-corrected chi connectivity index (χ1v) is 8.70. The van der Waals surface area contributed by atoms with Crippen LogP contribution in [0.3, 0.4) is 0 Å². The van der Waals surface area contributed by atoms with Crippen LogP contribution < -0.4 is 10.2 Å². The average Bonchev–Trinajstić information content (AvgIpc) is 2.98. The van der Waals surface area contributed by atoms with Gasteiger partial charge in [-0.3, -0.25) is 4.79 Å². The predicted octanol–water partition coefficient (Wildman–Crippen LogP) is 2.01. The number of benzene rings is 1. The molecule has 1 aliphatic rings. The van der Waals surface area contributed by atoms with Crippen molar-refractivity contribution in [3.05, 3.63) is 29.8 Å². The third-order valence-corrected chi connectivity index (χ3v) is 3.44. The first-order chi connectivity index (χ1) is 12.7. The van der Waals surface area contributed by atoms with Crippen LogP contribution >= 0.6 is 0 Å². The van der Waals surface area contributed by atoms with Gasteiger partial charge in [0.25, 0.3) is 0 Å². The summed E-state index contributed by atoms with van der Waals surface area (Å²) in [6.07, 6.45) is 1.58. The van der Waals surface area contributed by atoms with Crippen LogP contribution in [0, 0.1) is 0 Å². The van der Waals surface area contributed by atoms with E-state index in [2.05, 4.69) is 10.5 Å². The molecule has 1 aliphatic heterocycles. The van der Waals surface area contributed by atoms with Crippen molar-refractivity contribution in [2.75, 3.05) is 19.8 Å². The van der Waals surface area contributed by atoms with Gasteiger partial charge in [0.2, 0.25) is 5.91 Å². The number of esters is 1. The normalized spacial score (nSPS) is 16.3. The molecule has 0 unspecified atom stereocenters. The molecule has 148 valence electrons. The van der Waals surface area contributed by atoms with Gasteiger partial charge in [-0.1, -0.05) is 0 Å². The number of hydrazone groups is 1. The summed E-state index contributed by atoms with van der Waals surface area (Å²) in [5, 5.41) is 3.91. The van der Waals surface area contributed by atoms with E-state index in [4.69, 9.17) is 18.9 Å². The number of ether oxygens (including phenoxy) is 4. The Balaban J connectivity index is 1.75. The van der Waals surface area contributed by atoms with Crippen molar-refractivity contribution in [1.29, 1.82) is 0 Å². The van der Waals surface area contributed by atoms with Crippen LogP contribution in [0.4, 0.5) is 0 Å². The van der Waals surface area contributed by atoms with E-state index in [1.165, 1.54) is 6.21 Å². The lowest BCUT2D eigenvalue weighted by Gasteiger charge is -2.20. The standard InChI is InChI=1S/C19H26N2O6/c1-18(2,3)27-17(23)13-24-15-7-5-14(6-8-15)12-20-21-16(22)11-19(4)25-9-10-26-19/h5-8,12H,9-11,13H2,1-4H3,(H,21,22)/b20-12+. The van der Waals surface area contributed by atoms with Crippen LogP contribution in [0.5, 0.6) is 5.75 Å². The molecule has 0 aliphatic carbocycles. The minimum absolute atomic E-state index is 0.0712. The number of hydrogen-bond donors (Lipinski definition) is 1. The molecule has 1 aromatic rings. The van der Waals surface area contributed by atoms with Crippen molar-refractivity contribution in [1.82, 2.24) is 5.43 Å². The molecule has 1 saturated heterocycles. The Labute approximate surface area is 158 Å². The number of hydrogen-bond acceptors (Lipinski definition) is 7. The zero-order chi connectivity index (χ0) is 19.9. The van der Waals surface area contributed by atoms with Crippen molar-refractivity contribution in [2.45, 2.75) is 45.5 Å². The lowest BCUT2D eigenvalue weighted by Crippen LogP contribution is -2.33. The van der Waals surface area contributed by atoms with E-state index in [-0.39, 0.29) is 18.9 Å². The molecule has 8 heteroatoms. The number of amides is 1. The third-order valence-electron chi connectivity index (χ3n) is 3.44. The van der Waals surface area contributed by atoms with Crippen molar-refractivity contribution in [2.24, 2.45) is 5.10 Å². The largest absolute Gasteiger partial charge is 0.482 e. The second-order valence-corrected chi connectivity index (χ2v) is 7.24. The Bertz CT molecular complexity index is 672. The molecule has 0 bridgehead atoms. The van der Waals surface area contributed by atoms with E-state index >= 15 is 0 Å². The van der Waals surface area contributed by atoms with Crippen LogP contribution in [0.1, 0.15) is 39.7 Å². The van der Waals surface area contributed by atoms with Crippen LogP contribution in [0.25, 0.3) is 0 Å². The topological polar surface area (TPSA) is 95.5 Å². The summed E-state index contributed by atoms with van der Waals surface area (Å²) in [5.41, 5.74) is 2.66. The maximum absolute atomic E-state index is 11.8. The summed E-state index contributed by atoms with van der Waals surface area (Å²) in [7, 11) is 0. The minimum atomic E-state index is -0.882. The highest BCUT2D eigenvalue weighted by Crippen LogP contribution is 2.22. The monoisotopic (exact) mass is 378 g/mol. The zero-order valence-corrected chi connectivity index (χ0v) is 16.1. The minimum Gasteiger partial charge on any atom is -0.482 e. The van der Waals surface area contributed by atoms with Crippen molar-refractivity contribution in [3.8, 4) is 5.75 Å². The van der Waals surface area contributed by atoms with Gasteiger partial charge in [-0.2, -0.15) is 5.10 Å². The van der Waals surface area contributed by atoms with Crippen molar-refractivity contribution in [3.63, 3.8) is 0 Å². The smallest absolute Gasteiger partial charge is 0.344 e. The molecule has 0 spiro atoms. The summed E-state index contributed by atoms with van der Waals surface area (Å²) in [4.78, 5) is 23.5. The van der Waals surface area contributed by atoms with E-state index in [9.17, 15) is 9.59 Å². The average molecular weight is 378 g/mol. The predicted molar refractivity (Wildman–Crippen MR) is 98.4 cm³/mol. The van der Waals surface area contributed by atoms with Crippen LogP contribution in [0.15, 0.2) is 29.4 Å². The molecule has 0 saturated carbocycles. The lowest BCUT2D eigenvalue weighted by molar-refractivity contribution is -0.160. The van der Waals surface area contributed by atoms with Gasteiger partial charge in [-0.25, -0.2) is 10.2 Å². The first kappa shape index (κ1) is 20.9. The third kappa shape index (κ3) is 7.76. The zero-order valence-electron chi connectivity index (χ0n) is 16.1. The second-order valence-electron chi connectivity index (χ2n) is 7.24. The Morgan fingerprint density at radius 2 is 1.85 bits per heavy atom. The van der Waals surface area contributed by atoms with Crippen LogP contribution in [0.2, 0.25) is 0 Å². The molecular weight excluding hydrogens is 352 g/mol. The van der Waals surface area contributed by atoms with Crippen molar-refractivity contribution >= 4 is 18.1 Å². The molecular formula is C19H26N2O6. The lowest BCUT2D eigenvalue weighted by atomic mass is 10.2. The van der Waals surface area contributed by atoms with Gasteiger partial charge in [0.15, 0.2) is 12.4 Å².